The van der Waals surface area contributed by atoms with Crippen LogP contribution in [-0.4, -0.2) is 18.1 Å². The normalized spacial score (nSPS) is 10.7. The second-order valence-corrected chi connectivity index (χ2v) is 6.61. The van der Waals surface area contributed by atoms with Gasteiger partial charge in [-0.15, -0.1) is 0 Å². The van der Waals surface area contributed by atoms with Crippen molar-refractivity contribution in [3.05, 3.63) is 99.3 Å². The van der Waals surface area contributed by atoms with E-state index in [-0.39, 0.29) is 16.1 Å². The van der Waals surface area contributed by atoms with Gasteiger partial charge < -0.3 is 4.74 Å². The maximum absolute atomic E-state index is 13.5. The standard InChI is InChI=1S/C21H13Cl2FN2O3/c22-14-7-10-16(18(23)11-14)21(28)29-15-8-5-13(6-9-15)12-25-26-20(27)17-3-1-2-4-19(17)24/h1-12H,(H,26,27)/b25-12+. The van der Waals surface area contributed by atoms with Gasteiger partial charge >= 0.3 is 5.97 Å². The molecule has 0 atom stereocenters. The Kier molecular flexibility index (Phi) is 6.59. The van der Waals surface area contributed by atoms with E-state index in [0.29, 0.717) is 16.3 Å². The molecule has 0 aliphatic heterocycles. The molecule has 29 heavy (non-hydrogen) atoms. The molecule has 0 saturated heterocycles. The predicted octanol–water partition coefficient (Wildman–Crippen LogP) is 5.12. The Morgan fingerprint density at radius 2 is 1.69 bits per heavy atom. The fourth-order valence-electron chi connectivity index (χ4n) is 2.31. The average molecular weight is 431 g/mol. The summed E-state index contributed by atoms with van der Waals surface area (Å²) in [4.78, 5) is 24.1. The molecular weight excluding hydrogens is 418 g/mol. The second kappa shape index (κ2) is 9.32. The van der Waals surface area contributed by atoms with Crippen LogP contribution < -0.4 is 10.2 Å². The number of benzene rings is 3. The van der Waals surface area contributed by atoms with Gasteiger partial charge in [0.15, 0.2) is 0 Å². The number of hydrazone groups is 1. The lowest BCUT2D eigenvalue weighted by atomic mass is 10.2. The summed E-state index contributed by atoms with van der Waals surface area (Å²) in [5.41, 5.74) is 2.96. The monoisotopic (exact) mass is 430 g/mol. The van der Waals surface area contributed by atoms with E-state index >= 15 is 0 Å². The highest BCUT2D eigenvalue weighted by atomic mass is 35.5. The molecule has 0 aliphatic rings. The van der Waals surface area contributed by atoms with Crippen molar-refractivity contribution in [2.75, 3.05) is 0 Å². The van der Waals surface area contributed by atoms with E-state index in [9.17, 15) is 14.0 Å². The van der Waals surface area contributed by atoms with E-state index in [0.717, 1.165) is 0 Å². The smallest absolute Gasteiger partial charge is 0.345 e. The third kappa shape index (κ3) is 5.40. The lowest BCUT2D eigenvalue weighted by Gasteiger charge is -2.06. The predicted molar refractivity (Wildman–Crippen MR) is 109 cm³/mol. The molecule has 3 aromatic rings. The zero-order valence-corrected chi connectivity index (χ0v) is 16.2. The number of hydrogen-bond donors (Lipinski definition) is 1. The Morgan fingerprint density at radius 3 is 2.38 bits per heavy atom. The fraction of sp³-hybridized carbons (Fsp3) is 0. The van der Waals surface area contributed by atoms with Crippen LogP contribution >= 0.6 is 23.2 Å². The molecule has 1 N–H and O–H groups in total. The summed E-state index contributed by atoms with van der Waals surface area (Å²) >= 11 is 11.8. The first-order valence-corrected chi connectivity index (χ1v) is 9.05. The lowest BCUT2D eigenvalue weighted by molar-refractivity contribution is 0.0734. The summed E-state index contributed by atoms with van der Waals surface area (Å²) in [6, 6.07) is 16.4. The summed E-state index contributed by atoms with van der Waals surface area (Å²) < 4.78 is 18.8. The molecule has 5 nitrogen and oxygen atoms in total. The maximum Gasteiger partial charge on any atom is 0.345 e. The number of amides is 1. The topological polar surface area (TPSA) is 67.8 Å². The number of rotatable bonds is 5. The first-order chi connectivity index (χ1) is 13.9. The number of nitrogens with zero attached hydrogens (tertiary/aromatic N) is 1. The van der Waals surface area contributed by atoms with Gasteiger partial charge in [0, 0.05) is 5.02 Å². The van der Waals surface area contributed by atoms with Crippen molar-refractivity contribution in [3.8, 4) is 5.75 Å². The van der Waals surface area contributed by atoms with Crippen molar-refractivity contribution in [2.45, 2.75) is 0 Å². The first kappa shape index (κ1) is 20.5. The number of carbonyl (C=O) groups is 2. The Hall–Kier alpha value is -3.22. The maximum atomic E-state index is 13.5. The molecule has 3 aromatic carbocycles. The molecule has 0 spiro atoms. The molecule has 0 aromatic heterocycles. The Morgan fingerprint density at radius 1 is 0.966 bits per heavy atom. The van der Waals surface area contributed by atoms with E-state index in [2.05, 4.69) is 10.5 Å². The highest BCUT2D eigenvalue weighted by Gasteiger charge is 2.13. The number of ether oxygens (including phenoxy) is 1. The number of halogens is 3. The number of hydrogen-bond acceptors (Lipinski definition) is 4. The zero-order chi connectivity index (χ0) is 20.8. The number of nitrogens with one attached hydrogen (secondary N) is 1. The molecular formula is C21H13Cl2FN2O3. The lowest BCUT2D eigenvalue weighted by Crippen LogP contribution is -2.18. The van der Waals surface area contributed by atoms with Crippen LogP contribution in [0.25, 0.3) is 0 Å². The zero-order valence-electron chi connectivity index (χ0n) is 14.7. The minimum absolute atomic E-state index is 0.104. The molecule has 0 heterocycles. The van der Waals surface area contributed by atoms with Crippen molar-refractivity contribution in [3.63, 3.8) is 0 Å². The van der Waals surface area contributed by atoms with Crippen molar-refractivity contribution < 1.29 is 18.7 Å². The molecule has 0 radical (unpaired) electrons. The van der Waals surface area contributed by atoms with Crippen LogP contribution in [0.4, 0.5) is 4.39 Å². The van der Waals surface area contributed by atoms with E-state index in [1.165, 1.54) is 36.5 Å². The van der Waals surface area contributed by atoms with Crippen LogP contribution in [0, 0.1) is 5.82 Å². The minimum atomic E-state index is -0.662. The van der Waals surface area contributed by atoms with Crippen molar-refractivity contribution >= 4 is 41.3 Å². The van der Waals surface area contributed by atoms with Gasteiger partial charge in [-0.05, 0) is 60.2 Å². The van der Waals surface area contributed by atoms with E-state index in [1.807, 2.05) is 0 Å². The van der Waals surface area contributed by atoms with Crippen LogP contribution in [0.2, 0.25) is 10.0 Å². The number of carbonyl (C=O) groups excluding carboxylic acids is 2. The van der Waals surface area contributed by atoms with Gasteiger partial charge in [0.25, 0.3) is 5.91 Å². The summed E-state index contributed by atoms with van der Waals surface area (Å²) in [5.74, 6) is -1.62. The Labute approximate surface area is 175 Å². The third-order valence-electron chi connectivity index (χ3n) is 3.74. The summed E-state index contributed by atoms with van der Waals surface area (Å²) in [5, 5.41) is 4.39. The highest BCUT2D eigenvalue weighted by Crippen LogP contribution is 2.23. The summed E-state index contributed by atoms with van der Waals surface area (Å²) in [7, 11) is 0. The number of esters is 1. The molecule has 0 saturated carbocycles. The fourth-order valence-corrected chi connectivity index (χ4v) is 2.80. The SMILES string of the molecule is O=C(N/N=C/c1ccc(OC(=O)c2ccc(Cl)cc2Cl)cc1)c1ccccc1F. The van der Waals surface area contributed by atoms with E-state index in [4.69, 9.17) is 27.9 Å². The Balaban J connectivity index is 1.60. The van der Waals surface area contributed by atoms with Crippen LogP contribution in [0.1, 0.15) is 26.3 Å². The van der Waals surface area contributed by atoms with Gasteiger partial charge in [0.2, 0.25) is 0 Å². The van der Waals surface area contributed by atoms with Crippen molar-refractivity contribution in [2.24, 2.45) is 5.10 Å². The first-order valence-electron chi connectivity index (χ1n) is 8.29. The largest absolute Gasteiger partial charge is 0.423 e. The molecule has 8 heteroatoms. The van der Waals surface area contributed by atoms with Crippen LogP contribution in [0.3, 0.4) is 0 Å². The van der Waals surface area contributed by atoms with Gasteiger partial charge in [-0.3, -0.25) is 4.79 Å². The minimum Gasteiger partial charge on any atom is -0.423 e. The molecule has 146 valence electrons. The second-order valence-electron chi connectivity index (χ2n) is 5.76. The summed E-state index contributed by atoms with van der Waals surface area (Å²) in [6.07, 6.45) is 1.38. The van der Waals surface area contributed by atoms with Gasteiger partial charge in [-0.2, -0.15) is 5.10 Å². The molecule has 3 rings (SSSR count). The van der Waals surface area contributed by atoms with E-state index < -0.39 is 17.7 Å². The third-order valence-corrected chi connectivity index (χ3v) is 4.29. The molecule has 0 aliphatic carbocycles. The van der Waals surface area contributed by atoms with Gasteiger partial charge in [0.1, 0.15) is 11.6 Å². The van der Waals surface area contributed by atoms with Crippen LogP contribution in [0.15, 0.2) is 71.8 Å². The van der Waals surface area contributed by atoms with E-state index in [1.54, 1.807) is 36.4 Å². The molecule has 0 fully saturated rings. The molecule has 1 amide bonds. The summed E-state index contributed by atoms with van der Waals surface area (Å²) in [6.45, 7) is 0. The average Bonchev–Trinajstić information content (AvgIpc) is 2.69. The van der Waals surface area contributed by atoms with Crippen molar-refractivity contribution in [1.29, 1.82) is 0 Å². The molecule has 0 unspecified atom stereocenters. The Bertz CT molecular complexity index is 1090. The quantitative estimate of drug-likeness (QED) is 0.264. The van der Waals surface area contributed by atoms with Gasteiger partial charge in [-0.25, -0.2) is 14.6 Å². The van der Waals surface area contributed by atoms with Gasteiger partial charge in [0.05, 0.1) is 22.4 Å². The van der Waals surface area contributed by atoms with Crippen molar-refractivity contribution in [1.82, 2.24) is 5.43 Å². The van der Waals surface area contributed by atoms with Gasteiger partial charge in [-0.1, -0.05) is 35.3 Å². The van der Waals surface area contributed by atoms with Crippen LogP contribution in [-0.2, 0) is 0 Å². The molecule has 0 bridgehead atoms. The highest BCUT2D eigenvalue weighted by molar-refractivity contribution is 6.36. The van der Waals surface area contributed by atoms with Crippen LogP contribution in [0.5, 0.6) is 5.75 Å².